The third kappa shape index (κ3) is 3.37. The van der Waals surface area contributed by atoms with Crippen LogP contribution in [0.1, 0.15) is 22.8 Å². The van der Waals surface area contributed by atoms with Crippen LogP contribution >= 0.6 is 0 Å². The van der Waals surface area contributed by atoms with Crippen molar-refractivity contribution in [3.8, 4) is 5.75 Å². The lowest BCUT2D eigenvalue weighted by atomic mass is 9.84. The number of hydrogen-bond acceptors (Lipinski definition) is 3. The number of carbonyl (C=O) groups is 1. The van der Waals surface area contributed by atoms with Crippen molar-refractivity contribution < 1.29 is 9.53 Å². The SMILES string of the molecule is COc1ccc(CC(C)(C(=O)c2ccccc2)N(C)C)cc1. The minimum Gasteiger partial charge on any atom is -0.497 e. The zero-order chi connectivity index (χ0) is 16.2. The molecule has 2 aromatic carbocycles. The molecule has 3 nitrogen and oxygen atoms in total. The van der Waals surface area contributed by atoms with E-state index in [0.29, 0.717) is 6.42 Å². The van der Waals surface area contributed by atoms with Crippen LogP contribution in [0.4, 0.5) is 0 Å². The zero-order valence-electron chi connectivity index (χ0n) is 13.7. The predicted molar refractivity (Wildman–Crippen MR) is 89.6 cm³/mol. The first-order chi connectivity index (χ1) is 10.5. The molecule has 0 N–H and O–H groups in total. The summed E-state index contributed by atoms with van der Waals surface area (Å²) < 4.78 is 5.19. The highest BCUT2D eigenvalue weighted by molar-refractivity contribution is 6.03. The fourth-order valence-electron chi connectivity index (χ4n) is 2.48. The van der Waals surface area contributed by atoms with Crippen molar-refractivity contribution in [2.24, 2.45) is 0 Å². The van der Waals surface area contributed by atoms with Gasteiger partial charge in [0, 0.05) is 5.56 Å². The van der Waals surface area contributed by atoms with Gasteiger partial charge in [-0.3, -0.25) is 9.69 Å². The summed E-state index contributed by atoms with van der Waals surface area (Å²) in [5, 5.41) is 0. The van der Waals surface area contributed by atoms with E-state index in [4.69, 9.17) is 4.74 Å². The summed E-state index contributed by atoms with van der Waals surface area (Å²) >= 11 is 0. The summed E-state index contributed by atoms with van der Waals surface area (Å²) in [6.07, 6.45) is 0.651. The van der Waals surface area contributed by atoms with Gasteiger partial charge in [0.25, 0.3) is 0 Å². The molecule has 2 rings (SSSR count). The molecule has 0 aromatic heterocycles. The first-order valence-corrected chi connectivity index (χ1v) is 7.37. The van der Waals surface area contributed by atoms with Gasteiger partial charge >= 0.3 is 0 Å². The van der Waals surface area contributed by atoms with E-state index >= 15 is 0 Å². The summed E-state index contributed by atoms with van der Waals surface area (Å²) in [7, 11) is 5.55. The maximum Gasteiger partial charge on any atom is 0.183 e. The number of nitrogens with zero attached hydrogens (tertiary/aromatic N) is 1. The van der Waals surface area contributed by atoms with E-state index in [1.165, 1.54) is 0 Å². The Labute approximate surface area is 132 Å². The van der Waals surface area contributed by atoms with Gasteiger partial charge in [-0.05, 0) is 45.1 Å². The molecule has 0 amide bonds. The summed E-state index contributed by atoms with van der Waals surface area (Å²) in [5.41, 5.74) is 1.27. The van der Waals surface area contributed by atoms with E-state index in [1.54, 1.807) is 7.11 Å². The monoisotopic (exact) mass is 297 g/mol. The molecule has 0 saturated carbocycles. The third-order valence-electron chi connectivity index (χ3n) is 4.22. The maximum atomic E-state index is 13.0. The molecule has 0 aliphatic rings. The van der Waals surface area contributed by atoms with Gasteiger partial charge in [0.2, 0.25) is 0 Å². The van der Waals surface area contributed by atoms with Crippen LogP contribution in [0.2, 0.25) is 0 Å². The second-order valence-electron chi connectivity index (χ2n) is 5.89. The van der Waals surface area contributed by atoms with Crippen molar-refractivity contribution in [2.75, 3.05) is 21.2 Å². The Bertz CT molecular complexity index is 620. The number of methoxy groups -OCH3 is 1. The van der Waals surface area contributed by atoms with E-state index in [-0.39, 0.29) is 5.78 Å². The van der Waals surface area contributed by atoms with Gasteiger partial charge < -0.3 is 4.74 Å². The van der Waals surface area contributed by atoms with Crippen molar-refractivity contribution in [3.63, 3.8) is 0 Å². The van der Waals surface area contributed by atoms with Crippen LogP contribution in [0.25, 0.3) is 0 Å². The molecule has 1 atom stereocenters. The number of carbonyl (C=O) groups excluding carboxylic acids is 1. The molecular weight excluding hydrogens is 274 g/mol. The normalized spacial score (nSPS) is 13.7. The molecule has 0 spiro atoms. The van der Waals surface area contributed by atoms with E-state index in [9.17, 15) is 4.79 Å². The molecule has 0 bridgehead atoms. The Morgan fingerprint density at radius 1 is 1.05 bits per heavy atom. The minimum absolute atomic E-state index is 0.133. The van der Waals surface area contributed by atoms with E-state index in [2.05, 4.69) is 0 Å². The molecule has 3 heteroatoms. The standard InChI is InChI=1S/C19H23NO2/c1-19(20(2)3,18(21)16-8-6-5-7-9-16)14-15-10-12-17(22-4)13-11-15/h5-13H,14H2,1-4H3. The highest BCUT2D eigenvalue weighted by Crippen LogP contribution is 2.25. The smallest absolute Gasteiger partial charge is 0.183 e. The van der Waals surface area contributed by atoms with Crippen LogP contribution in [0.5, 0.6) is 5.75 Å². The molecule has 0 radical (unpaired) electrons. The van der Waals surface area contributed by atoms with Crippen molar-refractivity contribution in [2.45, 2.75) is 18.9 Å². The Morgan fingerprint density at radius 3 is 2.14 bits per heavy atom. The second-order valence-corrected chi connectivity index (χ2v) is 5.89. The van der Waals surface area contributed by atoms with Crippen LogP contribution in [0.15, 0.2) is 54.6 Å². The molecule has 1 unspecified atom stereocenters. The fourth-order valence-corrected chi connectivity index (χ4v) is 2.48. The first-order valence-electron chi connectivity index (χ1n) is 7.37. The van der Waals surface area contributed by atoms with Crippen LogP contribution in [0.3, 0.4) is 0 Å². The summed E-state index contributed by atoms with van der Waals surface area (Å²) in [4.78, 5) is 15.0. The number of rotatable bonds is 6. The lowest BCUT2D eigenvalue weighted by Gasteiger charge is -2.35. The number of Topliss-reactive ketones (excluding diaryl/α,β-unsaturated/α-hetero) is 1. The predicted octanol–water partition coefficient (Wildman–Crippen LogP) is 3.44. The highest BCUT2D eigenvalue weighted by atomic mass is 16.5. The van der Waals surface area contributed by atoms with Gasteiger partial charge in [0.1, 0.15) is 5.75 Å². The molecule has 0 heterocycles. The van der Waals surface area contributed by atoms with Crippen molar-refractivity contribution in [3.05, 3.63) is 65.7 Å². The van der Waals surface area contributed by atoms with Gasteiger partial charge in [0.05, 0.1) is 12.6 Å². The summed E-state index contributed by atoms with van der Waals surface area (Å²) in [5.74, 6) is 0.957. The van der Waals surface area contributed by atoms with E-state index < -0.39 is 5.54 Å². The number of benzene rings is 2. The quantitative estimate of drug-likeness (QED) is 0.765. The van der Waals surface area contributed by atoms with Gasteiger partial charge in [-0.1, -0.05) is 42.5 Å². The third-order valence-corrected chi connectivity index (χ3v) is 4.22. The van der Waals surface area contributed by atoms with Crippen molar-refractivity contribution in [1.82, 2.24) is 4.90 Å². The molecular formula is C19H23NO2. The molecule has 22 heavy (non-hydrogen) atoms. The average molecular weight is 297 g/mol. The lowest BCUT2D eigenvalue weighted by molar-refractivity contribution is 0.0719. The van der Waals surface area contributed by atoms with E-state index in [0.717, 1.165) is 16.9 Å². The molecule has 0 aliphatic heterocycles. The van der Waals surface area contributed by atoms with Crippen LogP contribution < -0.4 is 4.74 Å². The summed E-state index contributed by atoms with van der Waals surface area (Å²) in [6, 6.07) is 17.4. The van der Waals surface area contributed by atoms with Crippen LogP contribution in [-0.4, -0.2) is 37.4 Å². The van der Waals surface area contributed by atoms with Gasteiger partial charge in [0.15, 0.2) is 5.78 Å². The molecule has 0 fully saturated rings. The summed E-state index contributed by atoms with van der Waals surface area (Å²) in [6.45, 7) is 1.99. The molecule has 116 valence electrons. The number of hydrogen-bond donors (Lipinski definition) is 0. The van der Waals surface area contributed by atoms with Gasteiger partial charge in [-0.2, -0.15) is 0 Å². The number of likely N-dealkylation sites (N-methyl/N-ethyl adjacent to an activating group) is 1. The largest absolute Gasteiger partial charge is 0.497 e. The molecule has 2 aromatic rings. The highest BCUT2D eigenvalue weighted by Gasteiger charge is 2.36. The Kier molecular flexibility index (Phi) is 4.99. The molecule has 0 saturated heterocycles. The maximum absolute atomic E-state index is 13.0. The van der Waals surface area contributed by atoms with Crippen LogP contribution in [0, 0.1) is 0 Å². The number of ketones is 1. The number of ether oxygens (including phenoxy) is 1. The van der Waals surface area contributed by atoms with Gasteiger partial charge in [-0.25, -0.2) is 0 Å². The van der Waals surface area contributed by atoms with Crippen LogP contribution in [-0.2, 0) is 6.42 Å². The van der Waals surface area contributed by atoms with Crippen molar-refractivity contribution >= 4 is 5.78 Å². The van der Waals surface area contributed by atoms with Crippen molar-refractivity contribution in [1.29, 1.82) is 0 Å². The first kappa shape index (κ1) is 16.2. The lowest BCUT2D eigenvalue weighted by Crippen LogP contribution is -2.50. The fraction of sp³-hybridized carbons (Fsp3) is 0.316. The molecule has 0 aliphatic carbocycles. The Balaban J connectivity index is 2.29. The van der Waals surface area contributed by atoms with E-state index in [1.807, 2.05) is 80.5 Å². The Hall–Kier alpha value is -2.13. The Morgan fingerprint density at radius 2 is 1.64 bits per heavy atom. The zero-order valence-corrected chi connectivity index (χ0v) is 13.7. The topological polar surface area (TPSA) is 29.5 Å². The average Bonchev–Trinajstić information content (AvgIpc) is 2.55. The second kappa shape index (κ2) is 6.75. The van der Waals surface area contributed by atoms with Gasteiger partial charge in [-0.15, -0.1) is 0 Å². The minimum atomic E-state index is -0.587.